The van der Waals surface area contributed by atoms with E-state index in [-0.39, 0.29) is 0 Å². The number of halogens is 1. The number of benzene rings is 1. The van der Waals surface area contributed by atoms with Crippen molar-refractivity contribution in [2.45, 2.75) is 37.6 Å². The van der Waals surface area contributed by atoms with Crippen LogP contribution in [0.5, 0.6) is 0 Å². The molecule has 0 radical (unpaired) electrons. The van der Waals surface area contributed by atoms with Crippen molar-refractivity contribution < 1.29 is 0 Å². The highest BCUT2D eigenvalue weighted by atomic mass is 35.5. The van der Waals surface area contributed by atoms with Crippen molar-refractivity contribution in [2.24, 2.45) is 0 Å². The Balaban J connectivity index is 1.36. The zero-order valence-electron chi connectivity index (χ0n) is 11.4. The lowest BCUT2D eigenvalue weighted by molar-refractivity contribution is 0.266. The van der Waals surface area contributed by atoms with E-state index < -0.39 is 0 Å². The van der Waals surface area contributed by atoms with Gasteiger partial charge in [0.25, 0.3) is 0 Å². The number of nitrogens with zero attached hydrogens (tertiary/aromatic N) is 1. The van der Waals surface area contributed by atoms with Gasteiger partial charge in [-0.25, -0.2) is 0 Å². The Kier molecular flexibility index (Phi) is 4.42. The fourth-order valence-corrected chi connectivity index (χ4v) is 3.45. The molecule has 0 aromatic heterocycles. The molecule has 1 aromatic carbocycles. The molecule has 19 heavy (non-hydrogen) atoms. The normalized spacial score (nSPS) is 27.4. The zero-order chi connectivity index (χ0) is 13.1. The van der Waals surface area contributed by atoms with Crippen molar-refractivity contribution in [2.75, 3.05) is 26.2 Å². The fourth-order valence-electron chi connectivity index (χ4n) is 3.25. The smallest absolute Gasteiger partial charge is 0.0408 e. The second-order valence-corrected chi connectivity index (χ2v) is 6.36. The van der Waals surface area contributed by atoms with E-state index in [1.54, 1.807) is 0 Å². The van der Waals surface area contributed by atoms with Crippen LogP contribution in [-0.2, 0) is 0 Å². The summed E-state index contributed by atoms with van der Waals surface area (Å²) >= 11 is 6.04. The van der Waals surface area contributed by atoms with E-state index in [1.165, 1.54) is 50.9 Å². The van der Waals surface area contributed by atoms with E-state index in [9.17, 15) is 0 Å². The molecule has 1 aliphatic heterocycles. The van der Waals surface area contributed by atoms with Gasteiger partial charge in [0.2, 0.25) is 0 Å². The van der Waals surface area contributed by atoms with Gasteiger partial charge in [-0.2, -0.15) is 0 Å². The molecule has 3 heteroatoms. The first-order valence-corrected chi connectivity index (χ1v) is 7.90. The summed E-state index contributed by atoms with van der Waals surface area (Å²) < 4.78 is 0. The summed E-state index contributed by atoms with van der Waals surface area (Å²) in [7, 11) is 0. The molecular formula is C16H23ClN2. The lowest BCUT2D eigenvalue weighted by Crippen LogP contribution is -2.43. The Morgan fingerprint density at radius 3 is 2.74 bits per heavy atom. The molecule has 1 saturated heterocycles. The van der Waals surface area contributed by atoms with E-state index in [0.717, 1.165) is 11.6 Å². The molecule has 1 N–H and O–H groups in total. The fraction of sp³-hybridized carbons (Fsp3) is 0.625. The molecule has 1 heterocycles. The second kappa shape index (κ2) is 6.25. The van der Waals surface area contributed by atoms with Crippen LogP contribution in [0.1, 0.15) is 37.2 Å². The average molecular weight is 279 g/mol. The summed E-state index contributed by atoms with van der Waals surface area (Å²) in [6.45, 7) is 4.97. The largest absolute Gasteiger partial charge is 0.313 e. The minimum absolute atomic E-state index is 0.711. The maximum Gasteiger partial charge on any atom is 0.0408 e. The van der Waals surface area contributed by atoms with Crippen molar-refractivity contribution in [3.05, 3.63) is 34.9 Å². The third kappa shape index (κ3) is 3.50. The van der Waals surface area contributed by atoms with Crippen molar-refractivity contribution >= 4 is 11.6 Å². The zero-order valence-corrected chi connectivity index (χ0v) is 12.2. The number of hydrogen-bond donors (Lipinski definition) is 1. The highest BCUT2D eigenvalue weighted by Crippen LogP contribution is 2.37. The highest BCUT2D eigenvalue weighted by molar-refractivity contribution is 6.30. The Morgan fingerprint density at radius 1 is 1.21 bits per heavy atom. The molecule has 2 fully saturated rings. The van der Waals surface area contributed by atoms with Gasteiger partial charge in [0.15, 0.2) is 0 Å². The molecule has 0 amide bonds. The SMILES string of the molecule is Clc1cccc(C2CC(NCCN3CCCC3)C2)c1. The standard InChI is InChI=1S/C16H23ClN2/c17-15-5-3-4-13(10-15)14-11-16(12-14)18-6-9-19-7-1-2-8-19/h3-5,10,14,16,18H,1-2,6-9,11-12H2. The number of nitrogens with one attached hydrogen (secondary N) is 1. The molecule has 2 nitrogen and oxygen atoms in total. The molecule has 1 aromatic rings. The van der Waals surface area contributed by atoms with Crippen LogP contribution in [0.15, 0.2) is 24.3 Å². The van der Waals surface area contributed by atoms with E-state index in [0.29, 0.717) is 12.0 Å². The monoisotopic (exact) mass is 278 g/mol. The summed E-state index contributed by atoms with van der Waals surface area (Å²) in [4.78, 5) is 2.57. The third-order valence-corrected chi connectivity index (χ3v) is 4.75. The lowest BCUT2D eigenvalue weighted by Gasteiger charge is -2.37. The number of hydrogen-bond acceptors (Lipinski definition) is 2. The van der Waals surface area contributed by atoms with Crippen LogP contribution >= 0.6 is 11.6 Å². The molecule has 0 spiro atoms. The third-order valence-electron chi connectivity index (χ3n) is 4.52. The van der Waals surface area contributed by atoms with Gasteiger partial charge in [0, 0.05) is 24.2 Å². The van der Waals surface area contributed by atoms with E-state index in [4.69, 9.17) is 11.6 Å². The molecule has 3 rings (SSSR count). The van der Waals surface area contributed by atoms with Gasteiger partial charge in [-0.3, -0.25) is 0 Å². The van der Waals surface area contributed by atoms with Gasteiger partial charge < -0.3 is 10.2 Å². The highest BCUT2D eigenvalue weighted by Gasteiger charge is 2.29. The summed E-state index contributed by atoms with van der Waals surface area (Å²) in [6.07, 6.45) is 5.31. The molecule has 0 unspecified atom stereocenters. The van der Waals surface area contributed by atoms with E-state index in [1.807, 2.05) is 6.07 Å². The minimum Gasteiger partial charge on any atom is -0.313 e. The Morgan fingerprint density at radius 2 is 2.00 bits per heavy atom. The van der Waals surface area contributed by atoms with Crippen molar-refractivity contribution in [1.29, 1.82) is 0 Å². The van der Waals surface area contributed by atoms with Crippen molar-refractivity contribution in [3.8, 4) is 0 Å². The van der Waals surface area contributed by atoms with Crippen LogP contribution in [0, 0.1) is 0 Å². The Bertz CT molecular complexity index is 409. The van der Waals surface area contributed by atoms with Crippen LogP contribution in [-0.4, -0.2) is 37.1 Å². The summed E-state index contributed by atoms with van der Waals surface area (Å²) in [5.41, 5.74) is 1.41. The molecule has 0 atom stereocenters. The van der Waals surface area contributed by atoms with Crippen molar-refractivity contribution in [3.63, 3.8) is 0 Å². The van der Waals surface area contributed by atoms with Crippen LogP contribution in [0.2, 0.25) is 5.02 Å². The quantitative estimate of drug-likeness (QED) is 0.889. The predicted molar refractivity (Wildman–Crippen MR) is 80.9 cm³/mol. The number of rotatable bonds is 5. The first-order chi connectivity index (χ1) is 9.31. The van der Waals surface area contributed by atoms with Crippen LogP contribution in [0.4, 0.5) is 0 Å². The maximum absolute atomic E-state index is 6.04. The van der Waals surface area contributed by atoms with Gasteiger partial charge in [0.1, 0.15) is 0 Å². The average Bonchev–Trinajstić information content (AvgIpc) is 2.85. The molecule has 2 aliphatic rings. The molecule has 0 bridgehead atoms. The topological polar surface area (TPSA) is 15.3 Å². The Labute approximate surface area is 121 Å². The summed E-state index contributed by atoms with van der Waals surface area (Å²) in [6, 6.07) is 9.05. The van der Waals surface area contributed by atoms with E-state index in [2.05, 4.69) is 28.4 Å². The first kappa shape index (κ1) is 13.4. The number of likely N-dealkylation sites (tertiary alicyclic amines) is 1. The van der Waals surface area contributed by atoms with Gasteiger partial charge >= 0.3 is 0 Å². The molecule has 1 aliphatic carbocycles. The molecular weight excluding hydrogens is 256 g/mol. The minimum atomic E-state index is 0.711. The lowest BCUT2D eigenvalue weighted by atomic mass is 9.76. The summed E-state index contributed by atoms with van der Waals surface area (Å²) in [5, 5.41) is 4.55. The first-order valence-electron chi connectivity index (χ1n) is 7.52. The molecule has 104 valence electrons. The summed E-state index contributed by atoms with van der Waals surface area (Å²) in [5.74, 6) is 0.711. The van der Waals surface area contributed by atoms with E-state index >= 15 is 0 Å². The van der Waals surface area contributed by atoms with Gasteiger partial charge in [0.05, 0.1) is 0 Å². The predicted octanol–water partition coefficient (Wildman–Crippen LogP) is 3.27. The van der Waals surface area contributed by atoms with Crippen LogP contribution in [0.3, 0.4) is 0 Å². The maximum atomic E-state index is 6.04. The van der Waals surface area contributed by atoms with Gasteiger partial charge in [-0.05, 0) is 62.4 Å². The van der Waals surface area contributed by atoms with Gasteiger partial charge in [-0.15, -0.1) is 0 Å². The molecule has 1 saturated carbocycles. The van der Waals surface area contributed by atoms with Crippen LogP contribution < -0.4 is 5.32 Å². The second-order valence-electron chi connectivity index (χ2n) is 5.92. The van der Waals surface area contributed by atoms with Crippen LogP contribution in [0.25, 0.3) is 0 Å². The Hall–Kier alpha value is -0.570. The van der Waals surface area contributed by atoms with Crippen molar-refractivity contribution in [1.82, 2.24) is 10.2 Å². The van der Waals surface area contributed by atoms with Gasteiger partial charge in [-0.1, -0.05) is 23.7 Å².